The summed E-state index contributed by atoms with van der Waals surface area (Å²) in [6, 6.07) is 0. The molecule has 2 aliphatic rings. The van der Waals surface area contributed by atoms with Crippen LogP contribution in [0.2, 0.25) is 0 Å². The predicted octanol–water partition coefficient (Wildman–Crippen LogP) is 4.33. The van der Waals surface area contributed by atoms with Gasteiger partial charge < -0.3 is 4.74 Å². The molecule has 0 N–H and O–H groups in total. The molecule has 1 heteroatoms. The highest BCUT2D eigenvalue weighted by Crippen LogP contribution is 2.39. The maximum Gasteiger partial charge on any atom is 0.0578 e. The Balaban J connectivity index is 2.01. The number of hydrogen-bond acceptors (Lipinski definition) is 1. The Labute approximate surface area is 100 Å². The Morgan fingerprint density at radius 2 is 2.25 bits per heavy atom. The third kappa shape index (κ3) is 2.88. The first-order chi connectivity index (χ1) is 7.81. The summed E-state index contributed by atoms with van der Waals surface area (Å²) in [6.07, 6.45) is 11.1. The standard InChI is InChI=1S/C15H26O/c1-3-4-8-15-12(2)9-10-16-14-7-5-6-13(15)11-14/h13-15H,2-11H2,1H3. The van der Waals surface area contributed by atoms with Crippen LogP contribution in [0.15, 0.2) is 12.2 Å². The molecule has 0 spiro atoms. The fraction of sp³-hybridized carbons (Fsp3) is 0.867. The fourth-order valence-corrected chi connectivity index (χ4v) is 3.44. The topological polar surface area (TPSA) is 9.23 Å². The van der Waals surface area contributed by atoms with Crippen molar-refractivity contribution in [2.24, 2.45) is 11.8 Å². The molecule has 0 aromatic rings. The first kappa shape index (κ1) is 12.2. The summed E-state index contributed by atoms with van der Waals surface area (Å²) in [5.74, 6) is 1.67. The molecular weight excluding hydrogens is 196 g/mol. The van der Waals surface area contributed by atoms with Gasteiger partial charge in [0.05, 0.1) is 12.7 Å². The van der Waals surface area contributed by atoms with Gasteiger partial charge in [-0.05, 0) is 43.9 Å². The smallest absolute Gasteiger partial charge is 0.0578 e. The minimum atomic E-state index is 0.566. The SMILES string of the molecule is C=C1CCOC2CCCC(C2)C1CCCC. The molecule has 3 unspecified atom stereocenters. The van der Waals surface area contributed by atoms with Gasteiger partial charge in [0.2, 0.25) is 0 Å². The molecule has 2 rings (SSSR count). The fourth-order valence-electron chi connectivity index (χ4n) is 3.44. The lowest BCUT2D eigenvalue weighted by atomic mass is 9.72. The predicted molar refractivity (Wildman–Crippen MR) is 68.5 cm³/mol. The van der Waals surface area contributed by atoms with Gasteiger partial charge >= 0.3 is 0 Å². The lowest BCUT2D eigenvalue weighted by Crippen LogP contribution is -2.31. The van der Waals surface area contributed by atoms with Gasteiger partial charge in [0.15, 0.2) is 0 Å². The van der Waals surface area contributed by atoms with Crippen molar-refractivity contribution in [3.8, 4) is 0 Å². The van der Waals surface area contributed by atoms with Crippen LogP contribution in [-0.4, -0.2) is 12.7 Å². The Kier molecular flexibility index (Phi) is 4.45. The Bertz CT molecular complexity index is 234. The van der Waals surface area contributed by atoms with E-state index in [4.69, 9.17) is 4.74 Å². The summed E-state index contributed by atoms with van der Waals surface area (Å²) in [4.78, 5) is 0. The van der Waals surface area contributed by atoms with Crippen molar-refractivity contribution in [2.45, 2.75) is 64.4 Å². The first-order valence-corrected chi connectivity index (χ1v) is 7.10. The second kappa shape index (κ2) is 5.86. The third-order valence-corrected chi connectivity index (χ3v) is 4.41. The van der Waals surface area contributed by atoms with Crippen LogP contribution in [-0.2, 0) is 4.74 Å². The highest BCUT2D eigenvalue weighted by atomic mass is 16.5. The molecule has 2 fully saturated rings. The van der Waals surface area contributed by atoms with E-state index in [1.807, 2.05) is 0 Å². The summed E-state index contributed by atoms with van der Waals surface area (Å²) in [7, 11) is 0. The molecule has 1 saturated carbocycles. The molecule has 0 radical (unpaired) electrons. The number of fused-ring (bicyclic) bond motifs is 2. The summed E-state index contributed by atoms with van der Waals surface area (Å²) < 4.78 is 5.92. The van der Waals surface area contributed by atoms with Gasteiger partial charge in [-0.15, -0.1) is 0 Å². The van der Waals surface area contributed by atoms with Gasteiger partial charge in [-0.1, -0.05) is 38.3 Å². The summed E-state index contributed by atoms with van der Waals surface area (Å²) >= 11 is 0. The van der Waals surface area contributed by atoms with Crippen molar-refractivity contribution in [2.75, 3.05) is 6.61 Å². The van der Waals surface area contributed by atoms with Gasteiger partial charge in [-0.3, -0.25) is 0 Å². The van der Waals surface area contributed by atoms with E-state index in [2.05, 4.69) is 13.5 Å². The quantitative estimate of drug-likeness (QED) is 0.646. The van der Waals surface area contributed by atoms with Gasteiger partial charge in [-0.2, -0.15) is 0 Å². The van der Waals surface area contributed by atoms with Gasteiger partial charge in [0, 0.05) is 0 Å². The lowest BCUT2D eigenvalue weighted by Gasteiger charge is -2.38. The van der Waals surface area contributed by atoms with Crippen molar-refractivity contribution in [3.05, 3.63) is 12.2 Å². The van der Waals surface area contributed by atoms with E-state index >= 15 is 0 Å². The molecule has 1 aliphatic carbocycles. The molecule has 0 aromatic carbocycles. The van der Waals surface area contributed by atoms with Crippen LogP contribution in [0.5, 0.6) is 0 Å². The van der Waals surface area contributed by atoms with Crippen molar-refractivity contribution >= 4 is 0 Å². The molecule has 0 aromatic heterocycles. The first-order valence-electron chi connectivity index (χ1n) is 7.10. The molecule has 92 valence electrons. The molecular formula is C15H26O. The maximum atomic E-state index is 5.92. The van der Waals surface area contributed by atoms with E-state index in [1.54, 1.807) is 0 Å². The van der Waals surface area contributed by atoms with Gasteiger partial charge in [-0.25, -0.2) is 0 Å². The second-order valence-corrected chi connectivity index (χ2v) is 5.58. The van der Waals surface area contributed by atoms with Crippen molar-refractivity contribution in [1.29, 1.82) is 0 Å². The third-order valence-electron chi connectivity index (χ3n) is 4.41. The van der Waals surface area contributed by atoms with Crippen LogP contribution in [0.25, 0.3) is 0 Å². The molecule has 3 atom stereocenters. The molecule has 0 amide bonds. The van der Waals surface area contributed by atoms with E-state index in [1.165, 1.54) is 50.5 Å². The zero-order valence-electron chi connectivity index (χ0n) is 10.7. The van der Waals surface area contributed by atoms with E-state index < -0.39 is 0 Å². The van der Waals surface area contributed by atoms with Crippen molar-refractivity contribution in [1.82, 2.24) is 0 Å². The molecule has 16 heavy (non-hydrogen) atoms. The minimum Gasteiger partial charge on any atom is -0.378 e. The van der Waals surface area contributed by atoms with E-state index in [9.17, 15) is 0 Å². The zero-order valence-corrected chi connectivity index (χ0v) is 10.7. The summed E-state index contributed by atoms with van der Waals surface area (Å²) in [5.41, 5.74) is 1.47. The largest absolute Gasteiger partial charge is 0.378 e. The molecule has 1 nitrogen and oxygen atoms in total. The lowest BCUT2D eigenvalue weighted by molar-refractivity contribution is -0.00535. The van der Waals surface area contributed by atoms with Gasteiger partial charge in [0.1, 0.15) is 0 Å². The highest BCUT2D eigenvalue weighted by molar-refractivity contribution is 5.05. The van der Waals surface area contributed by atoms with E-state index in [0.29, 0.717) is 6.10 Å². The average molecular weight is 222 g/mol. The minimum absolute atomic E-state index is 0.566. The van der Waals surface area contributed by atoms with Crippen LogP contribution in [0.3, 0.4) is 0 Å². The van der Waals surface area contributed by atoms with Crippen molar-refractivity contribution in [3.63, 3.8) is 0 Å². The molecule has 1 heterocycles. The van der Waals surface area contributed by atoms with Crippen LogP contribution >= 0.6 is 0 Å². The van der Waals surface area contributed by atoms with Gasteiger partial charge in [0.25, 0.3) is 0 Å². The maximum absolute atomic E-state index is 5.92. The van der Waals surface area contributed by atoms with Crippen molar-refractivity contribution < 1.29 is 4.74 Å². The molecule has 2 bridgehead atoms. The van der Waals surface area contributed by atoms with Crippen LogP contribution < -0.4 is 0 Å². The van der Waals surface area contributed by atoms with Crippen LogP contribution in [0.4, 0.5) is 0 Å². The highest BCUT2D eigenvalue weighted by Gasteiger charge is 2.31. The van der Waals surface area contributed by atoms with Crippen LogP contribution in [0, 0.1) is 11.8 Å². The number of ether oxygens (including phenoxy) is 1. The summed E-state index contributed by atoms with van der Waals surface area (Å²) in [6.45, 7) is 7.52. The number of hydrogen-bond donors (Lipinski definition) is 0. The average Bonchev–Trinajstić information content (AvgIpc) is 2.29. The van der Waals surface area contributed by atoms with Crippen LogP contribution in [0.1, 0.15) is 58.3 Å². The molecule has 1 saturated heterocycles. The normalized spacial score (nSPS) is 35.6. The Morgan fingerprint density at radius 3 is 3.06 bits per heavy atom. The second-order valence-electron chi connectivity index (χ2n) is 5.58. The number of rotatable bonds is 3. The number of unbranched alkanes of at least 4 members (excludes halogenated alkanes) is 1. The van der Waals surface area contributed by atoms with E-state index in [0.717, 1.165) is 24.9 Å². The Hall–Kier alpha value is -0.300. The zero-order chi connectivity index (χ0) is 11.4. The Morgan fingerprint density at radius 1 is 1.38 bits per heavy atom. The summed E-state index contributed by atoms with van der Waals surface area (Å²) in [5, 5.41) is 0. The monoisotopic (exact) mass is 222 g/mol. The van der Waals surface area contributed by atoms with E-state index in [-0.39, 0.29) is 0 Å². The molecule has 1 aliphatic heterocycles.